The number of halogens is 1. The van der Waals surface area contributed by atoms with E-state index in [1.807, 2.05) is 6.07 Å². The molecule has 2 amide bonds. The largest absolute Gasteiger partial charge is 0.492 e. The lowest BCUT2D eigenvalue weighted by Crippen LogP contribution is -2.38. The standard InChI is InChI=1S/C19H21ClN2O3/c1-14(22-19(24)15-5-3-2-4-6-15)13-18(23)21-11-12-25-17-9-7-16(20)8-10-17/h2-10,14H,11-13H2,1H3,(H,21,23)(H,22,24). The van der Waals surface area contributed by atoms with Crippen molar-refractivity contribution in [2.24, 2.45) is 0 Å². The quantitative estimate of drug-likeness (QED) is 0.711. The number of amides is 2. The van der Waals surface area contributed by atoms with E-state index in [-0.39, 0.29) is 24.3 Å². The monoisotopic (exact) mass is 360 g/mol. The van der Waals surface area contributed by atoms with E-state index in [1.165, 1.54) is 0 Å². The molecule has 2 aromatic rings. The molecule has 132 valence electrons. The van der Waals surface area contributed by atoms with Gasteiger partial charge < -0.3 is 15.4 Å². The van der Waals surface area contributed by atoms with Crippen molar-refractivity contribution in [2.75, 3.05) is 13.2 Å². The Bertz CT molecular complexity index is 690. The first-order chi connectivity index (χ1) is 12.0. The molecule has 6 heteroatoms. The highest BCUT2D eigenvalue weighted by molar-refractivity contribution is 6.30. The zero-order chi connectivity index (χ0) is 18.1. The molecule has 0 fully saturated rings. The van der Waals surface area contributed by atoms with Gasteiger partial charge in [0.15, 0.2) is 0 Å². The minimum atomic E-state index is -0.259. The summed E-state index contributed by atoms with van der Waals surface area (Å²) in [6.45, 7) is 2.55. The van der Waals surface area contributed by atoms with Gasteiger partial charge in [-0.05, 0) is 43.3 Å². The fourth-order valence-corrected chi connectivity index (χ4v) is 2.31. The number of hydrogen-bond acceptors (Lipinski definition) is 3. The maximum atomic E-state index is 12.0. The molecule has 0 bridgehead atoms. The highest BCUT2D eigenvalue weighted by Crippen LogP contribution is 2.15. The number of carbonyl (C=O) groups excluding carboxylic acids is 2. The van der Waals surface area contributed by atoms with Gasteiger partial charge in [0, 0.05) is 23.0 Å². The van der Waals surface area contributed by atoms with Gasteiger partial charge in [-0.3, -0.25) is 9.59 Å². The molecule has 2 N–H and O–H groups in total. The Morgan fingerprint density at radius 2 is 1.76 bits per heavy atom. The van der Waals surface area contributed by atoms with E-state index in [0.29, 0.717) is 29.5 Å². The van der Waals surface area contributed by atoms with Crippen LogP contribution in [0.1, 0.15) is 23.7 Å². The molecule has 0 heterocycles. The summed E-state index contributed by atoms with van der Waals surface area (Å²) in [7, 11) is 0. The van der Waals surface area contributed by atoms with E-state index in [2.05, 4.69) is 10.6 Å². The van der Waals surface area contributed by atoms with Crippen LogP contribution in [-0.4, -0.2) is 31.0 Å². The van der Waals surface area contributed by atoms with Crippen LogP contribution in [0.15, 0.2) is 54.6 Å². The van der Waals surface area contributed by atoms with Gasteiger partial charge in [-0.15, -0.1) is 0 Å². The Morgan fingerprint density at radius 3 is 2.44 bits per heavy atom. The Hall–Kier alpha value is -2.53. The molecule has 2 rings (SSSR count). The van der Waals surface area contributed by atoms with E-state index in [0.717, 1.165) is 0 Å². The maximum absolute atomic E-state index is 12.0. The number of hydrogen-bond donors (Lipinski definition) is 2. The third kappa shape index (κ3) is 6.85. The second-order valence-corrected chi connectivity index (χ2v) is 6.03. The number of ether oxygens (including phenoxy) is 1. The normalized spacial score (nSPS) is 11.4. The summed E-state index contributed by atoms with van der Waals surface area (Å²) < 4.78 is 5.50. The van der Waals surface area contributed by atoms with Gasteiger partial charge in [0.1, 0.15) is 12.4 Å². The first kappa shape index (κ1) is 18.8. The third-order valence-electron chi connectivity index (χ3n) is 3.41. The van der Waals surface area contributed by atoms with Crippen LogP contribution in [0.4, 0.5) is 0 Å². The van der Waals surface area contributed by atoms with Crippen molar-refractivity contribution < 1.29 is 14.3 Å². The second-order valence-electron chi connectivity index (χ2n) is 5.60. The average molecular weight is 361 g/mol. The fraction of sp³-hybridized carbons (Fsp3) is 0.263. The van der Waals surface area contributed by atoms with Crippen molar-refractivity contribution in [1.29, 1.82) is 0 Å². The van der Waals surface area contributed by atoms with Gasteiger partial charge in [-0.2, -0.15) is 0 Å². The number of benzene rings is 2. The molecular formula is C19H21ClN2O3. The van der Waals surface area contributed by atoms with Crippen LogP contribution in [0.25, 0.3) is 0 Å². The molecule has 0 saturated heterocycles. The minimum absolute atomic E-state index is 0.138. The second kappa shape index (κ2) is 9.69. The van der Waals surface area contributed by atoms with Crippen LogP contribution < -0.4 is 15.4 Å². The van der Waals surface area contributed by atoms with Gasteiger partial charge in [0.2, 0.25) is 5.91 Å². The van der Waals surface area contributed by atoms with Crippen LogP contribution in [0.2, 0.25) is 5.02 Å². The first-order valence-corrected chi connectivity index (χ1v) is 8.43. The molecule has 0 aliphatic carbocycles. The smallest absolute Gasteiger partial charge is 0.251 e. The molecular weight excluding hydrogens is 340 g/mol. The average Bonchev–Trinajstić information content (AvgIpc) is 2.61. The Balaban J connectivity index is 1.64. The van der Waals surface area contributed by atoms with Crippen LogP contribution in [-0.2, 0) is 4.79 Å². The Morgan fingerprint density at radius 1 is 1.08 bits per heavy atom. The highest BCUT2D eigenvalue weighted by atomic mass is 35.5. The summed E-state index contributed by atoms with van der Waals surface area (Å²) in [4.78, 5) is 23.9. The summed E-state index contributed by atoms with van der Waals surface area (Å²) in [5.74, 6) is 0.370. The zero-order valence-electron chi connectivity index (χ0n) is 14.0. The fourth-order valence-electron chi connectivity index (χ4n) is 2.19. The lowest BCUT2D eigenvalue weighted by atomic mass is 10.1. The van der Waals surface area contributed by atoms with Gasteiger partial charge in [-0.1, -0.05) is 29.8 Å². The molecule has 0 radical (unpaired) electrons. The van der Waals surface area contributed by atoms with Crippen LogP contribution in [0.3, 0.4) is 0 Å². The predicted octanol–water partition coefficient (Wildman–Crippen LogP) is 3.04. The molecule has 0 spiro atoms. The number of nitrogens with one attached hydrogen (secondary N) is 2. The Labute approximate surface area is 152 Å². The topological polar surface area (TPSA) is 67.4 Å². The molecule has 2 aromatic carbocycles. The molecule has 0 saturated carbocycles. The van der Waals surface area contributed by atoms with Crippen LogP contribution in [0.5, 0.6) is 5.75 Å². The van der Waals surface area contributed by atoms with E-state index in [4.69, 9.17) is 16.3 Å². The maximum Gasteiger partial charge on any atom is 0.251 e. The first-order valence-electron chi connectivity index (χ1n) is 8.05. The summed E-state index contributed by atoms with van der Waals surface area (Å²) >= 11 is 5.80. The molecule has 0 aliphatic rings. The SMILES string of the molecule is CC(CC(=O)NCCOc1ccc(Cl)cc1)NC(=O)c1ccccc1. The molecule has 0 aliphatic heterocycles. The number of carbonyl (C=O) groups is 2. The van der Waals surface area contributed by atoms with Gasteiger partial charge >= 0.3 is 0 Å². The molecule has 0 aromatic heterocycles. The lowest BCUT2D eigenvalue weighted by molar-refractivity contribution is -0.121. The predicted molar refractivity (Wildman–Crippen MR) is 97.9 cm³/mol. The molecule has 5 nitrogen and oxygen atoms in total. The van der Waals surface area contributed by atoms with Crippen molar-refractivity contribution >= 4 is 23.4 Å². The van der Waals surface area contributed by atoms with Crippen molar-refractivity contribution in [3.05, 3.63) is 65.2 Å². The zero-order valence-corrected chi connectivity index (χ0v) is 14.8. The van der Waals surface area contributed by atoms with Crippen molar-refractivity contribution in [3.8, 4) is 5.75 Å². The van der Waals surface area contributed by atoms with Gasteiger partial charge in [-0.25, -0.2) is 0 Å². The third-order valence-corrected chi connectivity index (χ3v) is 3.66. The summed E-state index contributed by atoms with van der Waals surface area (Å²) in [5, 5.41) is 6.22. The summed E-state index contributed by atoms with van der Waals surface area (Å²) in [6.07, 6.45) is 0.208. The minimum Gasteiger partial charge on any atom is -0.492 e. The van der Waals surface area contributed by atoms with E-state index in [9.17, 15) is 9.59 Å². The van der Waals surface area contributed by atoms with Gasteiger partial charge in [0.05, 0.1) is 6.54 Å². The van der Waals surface area contributed by atoms with Gasteiger partial charge in [0.25, 0.3) is 5.91 Å². The van der Waals surface area contributed by atoms with E-state index in [1.54, 1.807) is 55.5 Å². The Kier molecular flexibility index (Phi) is 7.29. The lowest BCUT2D eigenvalue weighted by Gasteiger charge is -2.14. The molecule has 1 unspecified atom stereocenters. The van der Waals surface area contributed by atoms with E-state index < -0.39 is 0 Å². The van der Waals surface area contributed by atoms with Crippen molar-refractivity contribution in [3.63, 3.8) is 0 Å². The summed E-state index contributed by atoms with van der Waals surface area (Å²) in [5.41, 5.74) is 0.575. The molecule has 1 atom stereocenters. The van der Waals surface area contributed by atoms with Crippen molar-refractivity contribution in [2.45, 2.75) is 19.4 Å². The summed E-state index contributed by atoms with van der Waals surface area (Å²) in [6, 6.07) is 15.7. The van der Waals surface area contributed by atoms with Crippen molar-refractivity contribution in [1.82, 2.24) is 10.6 Å². The highest BCUT2D eigenvalue weighted by Gasteiger charge is 2.12. The van der Waals surface area contributed by atoms with Crippen LogP contribution >= 0.6 is 11.6 Å². The molecule has 25 heavy (non-hydrogen) atoms. The van der Waals surface area contributed by atoms with Crippen LogP contribution in [0, 0.1) is 0 Å². The number of rotatable bonds is 8. The van der Waals surface area contributed by atoms with E-state index >= 15 is 0 Å².